The van der Waals surface area contributed by atoms with Crippen molar-refractivity contribution in [3.8, 4) is 0 Å². The monoisotopic (exact) mass is 240 g/mol. The summed E-state index contributed by atoms with van der Waals surface area (Å²) in [4.78, 5) is 16.4. The van der Waals surface area contributed by atoms with Crippen LogP contribution in [0.3, 0.4) is 0 Å². The third kappa shape index (κ3) is 3.40. The third-order valence-corrected chi connectivity index (χ3v) is 3.70. The summed E-state index contributed by atoms with van der Waals surface area (Å²) in [6, 6.07) is 0.945. The molecule has 0 spiro atoms. The molecule has 2 unspecified atom stereocenters. The topological polar surface area (TPSA) is 47.6 Å². The van der Waals surface area contributed by atoms with Crippen LogP contribution < -0.4 is 10.6 Å². The van der Waals surface area contributed by atoms with Crippen molar-refractivity contribution in [2.24, 2.45) is 0 Å². The van der Waals surface area contributed by atoms with Crippen molar-refractivity contribution in [2.75, 3.05) is 45.8 Å². The molecular weight excluding hydrogens is 216 g/mol. The third-order valence-electron chi connectivity index (χ3n) is 3.70. The van der Waals surface area contributed by atoms with Gasteiger partial charge in [0.15, 0.2) is 0 Å². The van der Waals surface area contributed by atoms with E-state index < -0.39 is 0 Å². The summed E-state index contributed by atoms with van der Waals surface area (Å²) in [5.41, 5.74) is 0. The lowest BCUT2D eigenvalue weighted by Crippen LogP contribution is -2.57. The largest absolute Gasteiger partial charge is 0.339 e. The quantitative estimate of drug-likeness (QED) is 0.657. The van der Waals surface area contributed by atoms with Gasteiger partial charge in [0.2, 0.25) is 5.91 Å². The minimum Gasteiger partial charge on any atom is -0.339 e. The maximum atomic E-state index is 12.2. The number of hydrogen-bond donors (Lipinski definition) is 2. The Bertz CT molecular complexity index is 265. The van der Waals surface area contributed by atoms with E-state index >= 15 is 0 Å². The smallest absolute Gasteiger partial charge is 0.236 e. The van der Waals surface area contributed by atoms with Crippen LogP contribution in [0.5, 0.6) is 0 Å². The van der Waals surface area contributed by atoms with Gasteiger partial charge in [0.05, 0.1) is 6.54 Å². The van der Waals surface area contributed by atoms with Gasteiger partial charge in [-0.25, -0.2) is 0 Å². The predicted octanol–water partition coefficient (Wildman–Crippen LogP) is -0.900. The minimum absolute atomic E-state index is 0.285. The number of nitrogens with one attached hydrogen (secondary N) is 2. The molecule has 2 aliphatic heterocycles. The highest BCUT2D eigenvalue weighted by atomic mass is 16.2. The number of nitrogens with zero attached hydrogens (tertiary/aromatic N) is 2. The normalized spacial score (nSPS) is 31.5. The van der Waals surface area contributed by atoms with Crippen molar-refractivity contribution in [1.82, 2.24) is 20.4 Å². The zero-order valence-electron chi connectivity index (χ0n) is 10.9. The Labute approximate surface area is 104 Å². The van der Waals surface area contributed by atoms with E-state index in [-0.39, 0.29) is 5.91 Å². The standard InChI is InChI=1S/C12H24N4O/c1-10-8-16(11(2)7-14-10)9-12(17)15-5-3-13-4-6-15/h10-11,13-14H,3-9H2,1-2H3. The summed E-state index contributed by atoms with van der Waals surface area (Å²) < 4.78 is 0. The number of rotatable bonds is 2. The highest BCUT2D eigenvalue weighted by molar-refractivity contribution is 5.78. The van der Waals surface area contributed by atoms with Crippen LogP contribution in [-0.2, 0) is 4.79 Å². The van der Waals surface area contributed by atoms with E-state index in [1.807, 2.05) is 4.90 Å². The van der Waals surface area contributed by atoms with Crippen LogP contribution in [0, 0.1) is 0 Å². The zero-order valence-corrected chi connectivity index (χ0v) is 10.9. The zero-order chi connectivity index (χ0) is 12.3. The van der Waals surface area contributed by atoms with E-state index in [2.05, 4.69) is 29.4 Å². The van der Waals surface area contributed by atoms with E-state index in [4.69, 9.17) is 0 Å². The molecule has 17 heavy (non-hydrogen) atoms. The maximum absolute atomic E-state index is 12.2. The van der Waals surface area contributed by atoms with E-state index in [1.54, 1.807) is 0 Å². The van der Waals surface area contributed by atoms with Gasteiger partial charge >= 0.3 is 0 Å². The molecule has 0 aliphatic carbocycles. The Kier molecular flexibility index (Phi) is 4.36. The molecule has 0 radical (unpaired) electrons. The molecule has 2 saturated heterocycles. The van der Waals surface area contributed by atoms with E-state index in [0.29, 0.717) is 18.6 Å². The highest BCUT2D eigenvalue weighted by Gasteiger charge is 2.26. The lowest BCUT2D eigenvalue weighted by molar-refractivity contribution is -0.133. The Morgan fingerprint density at radius 1 is 1.29 bits per heavy atom. The fourth-order valence-corrected chi connectivity index (χ4v) is 2.51. The van der Waals surface area contributed by atoms with Crippen LogP contribution >= 0.6 is 0 Å². The van der Waals surface area contributed by atoms with Crippen molar-refractivity contribution in [2.45, 2.75) is 25.9 Å². The molecule has 0 aromatic heterocycles. The van der Waals surface area contributed by atoms with Crippen LogP contribution in [-0.4, -0.2) is 73.6 Å². The van der Waals surface area contributed by atoms with Crippen LogP contribution in [0.4, 0.5) is 0 Å². The molecule has 98 valence electrons. The Morgan fingerprint density at radius 2 is 2.00 bits per heavy atom. The molecular formula is C12H24N4O. The van der Waals surface area contributed by atoms with E-state index in [9.17, 15) is 4.79 Å². The van der Waals surface area contributed by atoms with E-state index in [0.717, 1.165) is 39.3 Å². The number of piperazine rings is 2. The maximum Gasteiger partial charge on any atom is 0.236 e. The van der Waals surface area contributed by atoms with Gasteiger partial charge in [0.1, 0.15) is 0 Å². The second-order valence-corrected chi connectivity index (χ2v) is 5.22. The molecule has 2 heterocycles. The molecule has 5 heteroatoms. The second kappa shape index (κ2) is 5.80. The Hall–Kier alpha value is -0.650. The number of hydrogen-bond acceptors (Lipinski definition) is 4. The van der Waals surface area contributed by atoms with Gasteiger partial charge in [-0.1, -0.05) is 0 Å². The second-order valence-electron chi connectivity index (χ2n) is 5.22. The lowest BCUT2D eigenvalue weighted by Gasteiger charge is -2.38. The van der Waals surface area contributed by atoms with E-state index in [1.165, 1.54) is 0 Å². The first kappa shape index (κ1) is 12.8. The molecule has 2 fully saturated rings. The van der Waals surface area contributed by atoms with Crippen molar-refractivity contribution in [1.29, 1.82) is 0 Å². The lowest BCUT2D eigenvalue weighted by atomic mass is 10.1. The molecule has 0 aromatic rings. The van der Waals surface area contributed by atoms with Crippen molar-refractivity contribution in [3.63, 3.8) is 0 Å². The van der Waals surface area contributed by atoms with Crippen LogP contribution in [0.25, 0.3) is 0 Å². The van der Waals surface area contributed by atoms with Gasteiger partial charge in [0.25, 0.3) is 0 Å². The van der Waals surface area contributed by atoms with Gasteiger partial charge in [-0.3, -0.25) is 9.69 Å². The fraction of sp³-hybridized carbons (Fsp3) is 0.917. The predicted molar refractivity (Wildman–Crippen MR) is 67.9 cm³/mol. The van der Waals surface area contributed by atoms with Crippen molar-refractivity contribution >= 4 is 5.91 Å². The van der Waals surface area contributed by atoms with Gasteiger partial charge in [-0.15, -0.1) is 0 Å². The number of amides is 1. The average Bonchev–Trinajstić information content (AvgIpc) is 2.35. The summed E-state index contributed by atoms with van der Waals surface area (Å²) in [5.74, 6) is 0.285. The first-order chi connectivity index (χ1) is 8.16. The molecule has 2 aliphatic rings. The van der Waals surface area contributed by atoms with Gasteiger partial charge in [0, 0.05) is 51.4 Å². The molecule has 1 amide bonds. The molecule has 0 aromatic carbocycles. The summed E-state index contributed by atoms with van der Waals surface area (Å²) in [7, 11) is 0. The fourth-order valence-electron chi connectivity index (χ4n) is 2.51. The average molecular weight is 240 g/mol. The molecule has 2 atom stereocenters. The van der Waals surface area contributed by atoms with Gasteiger partial charge < -0.3 is 15.5 Å². The Morgan fingerprint density at radius 3 is 2.71 bits per heavy atom. The molecule has 0 bridgehead atoms. The van der Waals surface area contributed by atoms with Crippen LogP contribution in [0.2, 0.25) is 0 Å². The van der Waals surface area contributed by atoms with Crippen molar-refractivity contribution < 1.29 is 4.79 Å². The first-order valence-electron chi connectivity index (χ1n) is 6.62. The Balaban J connectivity index is 1.83. The number of carbonyl (C=O) groups excluding carboxylic acids is 1. The summed E-state index contributed by atoms with van der Waals surface area (Å²) >= 11 is 0. The highest BCUT2D eigenvalue weighted by Crippen LogP contribution is 2.07. The number of carbonyl (C=O) groups is 1. The van der Waals surface area contributed by atoms with Crippen molar-refractivity contribution in [3.05, 3.63) is 0 Å². The van der Waals surface area contributed by atoms with Gasteiger partial charge in [-0.05, 0) is 13.8 Å². The summed E-state index contributed by atoms with van der Waals surface area (Å²) in [5, 5.41) is 6.71. The first-order valence-corrected chi connectivity index (χ1v) is 6.62. The molecule has 5 nitrogen and oxygen atoms in total. The molecule has 2 N–H and O–H groups in total. The van der Waals surface area contributed by atoms with Crippen LogP contribution in [0.15, 0.2) is 0 Å². The van der Waals surface area contributed by atoms with Gasteiger partial charge in [-0.2, -0.15) is 0 Å². The summed E-state index contributed by atoms with van der Waals surface area (Å²) in [6.45, 7) is 10.5. The summed E-state index contributed by atoms with van der Waals surface area (Å²) in [6.07, 6.45) is 0. The molecule has 2 rings (SSSR count). The van der Waals surface area contributed by atoms with Crippen LogP contribution in [0.1, 0.15) is 13.8 Å². The SMILES string of the molecule is CC1CN(CC(=O)N2CCNCC2)C(C)CN1. The minimum atomic E-state index is 0.285. The molecule has 0 saturated carbocycles.